The van der Waals surface area contributed by atoms with Crippen LogP contribution in [0.5, 0.6) is 11.5 Å². The number of hydrogen-bond acceptors (Lipinski definition) is 5. The Morgan fingerprint density at radius 3 is 1.57 bits per heavy atom. The molecule has 0 N–H and O–H groups in total. The van der Waals surface area contributed by atoms with Crippen molar-refractivity contribution < 1.29 is 23.7 Å². The van der Waals surface area contributed by atoms with Crippen molar-refractivity contribution in [3.05, 3.63) is 69.1 Å². The number of benzene rings is 2. The summed E-state index contributed by atoms with van der Waals surface area (Å²) in [5, 5.41) is 0. The van der Waals surface area contributed by atoms with E-state index in [0.29, 0.717) is 32.8 Å². The third kappa shape index (κ3) is 12.8. The van der Waals surface area contributed by atoms with Crippen LogP contribution in [0.3, 0.4) is 0 Å². The van der Waals surface area contributed by atoms with Crippen molar-refractivity contribution in [2.75, 3.05) is 27.4 Å². The first kappa shape index (κ1) is 26.4. The van der Waals surface area contributed by atoms with E-state index in [1.165, 1.54) is 0 Å². The molecular weight excluding hydrogens is 516 g/mol. The molecule has 2 aromatic rings. The standard InChI is InChI=1S/C12H14Br2O2.C11H14O3/c1-15-11-6-4-10(5-7-11)9-16-8-2-3-12(13)14;1-13-11-5-3-10(4-6-11)9-14-8-2-7-12/h3-7H,2,8-9H2,1H3;3-7H,2,8-9H2,1H3. The number of aldehydes is 1. The highest BCUT2D eigenvalue weighted by molar-refractivity contribution is 9.28. The van der Waals surface area contributed by atoms with Crippen molar-refractivity contribution >= 4 is 38.1 Å². The summed E-state index contributed by atoms with van der Waals surface area (Å²) in [5.41, 5.74) is 2.24. The lowest BCUT2D eigenvalue weighted by molar-refractivity contribution is -0.108. The van der Waals surface area contributed by atoms with Crippen LogP contribution >= 0.6 is 31.9 Å². The minimum atomic E-state index is 0.455. The average Bonchev–Trinajstić information content (AvgIpc) is 2.77. The Bertz CT molecular complexity index is 726. The van der Waals surface area contributed by atoms with Gasteiger partial charge in [0.2, 0.25) is 0 Å². The molecule has 164 valence electrons. The van der Waals surface area contributed by atoms with Crippen molar-refractivity contribution in [1.29, 1.82) is 0 Å². The minimum absolute atomic E-state index is 0.455. The van der Waals surface area contributed by atoms with Crippen LogP contribution in [0.4, 0.5) is 0 Å². The summed E-state index contributed by atoms with van der Waals surface area (Å²) in [5.74, 6) is 1.71. The SMILES string of the molecule is COc1ccc(COCCC=C(Br)Br)cc1.COc1ccc(COCCC=O)cc1. The Morgan fingerprint density at radius 1 is 0.767 bits per heavy atom. The topological polar surface area (TPSA) is 54.0 Å². The van der Waals surface area contributed by atoms with E-state index in [-0.39, 0.29) is 0 Å². The summed E-state index contributed by atoms with van der Waals surface area (Å²) >= 11 is 6.59. The number of hydrogen-bond donors (Lipinski definition) is 0. The van der Waals surface area contributed by atoms with Gasteiger partial charge >= 0.3 is 0 Å². The van der Waals surface area contributed by atoms with Crippen LogP contribution in [-0.2, 0) is 27.5 Å². The molecule has 0 spiro atoms. The number of carbonyl (C=O) groups excluding carboxylic acids is 1. The molecule has 0 saturated carbocycles. The predicted octanol–water partition coefficient (Wildman–Crippen LogP) is 6.03. The molecule has 0 aromatic heterocycles. The quantitative estimate of drug-likeness (QED) is 0.241. The fraction of sp³-hybridized carbons (Fsp3) is 0.348. The third-order valence-corrected chi connectivity index (χ3v) is 4.44. The molecule has 0 heterocycles. The summed E-state index contributed by atoms with van der Waals surface area (Å²) in [7, 11) is 3.30. The Morgan fingerprint density at radius 2 is 1.20 bits per heavy atom. The van der Waals surface area contributed by atoms with Crippen molar-refractivity contribution in [3.8, 4) is 11.5 Å². The molecule has 0 saturated heterocycles. The van der Waals surface area contributed by atoms with E-state index in [4.69, 9.17) is 18.9 Å². The molecule has 2 rings (SSSR count). The number of ether oxygens (including phenoxy) is 4. The molecule has 2 aromatic carbocycles. The van der Waals surface area contributed by atoms with Gasteiger partial charge in [0.1, 0.15) is 17.8 Å². The molecule has 0 aliphatic heterocycles. The second kappa shape index (κ2) is 17.1. The van der Waals surface area contributed by atoms with E-state index in [2.05, 4.69) is 31.9 Å². The Labute approximate surface area is 195 Å². The van der Waals surface area contributed by atoms with Gasteiger partial charge in [-0.05, 0) is 73.7 Å². The molecule has 0 fully saturated rings. The summed E-state index contributed by atoms with van der Waals surface area (Å²) in [6.45, 7) is 2.37. The van der Waals surface area contributed by atoms with Crippen LogP contribution < -0.4 is 9.47 Å². The van der Waals surface area contributed by atoms with Crippen molar-refractivity contribution in [3.63, 3.8) is 0 Å². The van der Waals surface area contributed by atoms with Gasteiger partial charge in [-0.2, -0.15) is 0 Å². The first-order valence-electron chi connectivity index (χ1n) is 9.45. The lowest BCUT2D eigenvalue weighted by atomic mass is 10.2. The monoisotopic (exact) mass is 542 g/mol. The molecule has 0 atom stereocenters. The summed E-state index contributed by atoms with van der Waals surface area (Å²) in [4.78, 5) is 10.0. The molecule has 0 bridgehead atoms. The smallest absolute Gasteiger partial charge is 0.122 e. The van der Waals surface area contributed by atoms with E-state index < -0.39 is 0 Å². The Balaban J connectivity index is 0.000000303. The van der Waals surface area contributed by atoms with E-state index >= 15 is 0 Å². The van der Waals surface area contributed by atoms with Crippen molar-refractivity contribution in [2.24, 2.45) is 0 Å². The number of methoxy groups -OCH3 is 2. The zero-order valence-corrected chi connectivity index (χ0v) is 20.5. The molecular formula is C23H28Br2O5. The maximum atomic E-state index is 10.0. The second-order valence-electron chi connectivity index (χ2n) is 6.04. The van der Waals surface area contributed by atoms with Gasteiger partial charge in [-0.25, -0.2) is 0 Å². The number of carbonyl (C=O) groups is 1. The average molecular weight is 544 g/mol. The van der Waals surface area contributed by atoms with Gasteiger partial charge in [-0.3, -0.25) is 0 Å². The van der Waals surface area contributed by atoms with Crippen molar-refractivity contribution in [2.45, 2.75) is 26.1 Å². The van der Waals surface area contributed by atoms with Gasteiger partial charge < -0.3 is 23.7 Å². The fourth-order valence-electron chi connectivity index (χ4n) is 2.21. The highest BCUT2D eigenvalue weighted by Gasteiger charge is 1.95. The molecule has 5 nitrogen and oxygen atoms in total. The van der Waals surface area contributed by atoms with Crippen LogP contribution in [0.2, 0.25) is 0 Å². The molecule has 30 heavy (non-hydrogen) atoms. The van der Waals surface area contributed by atoms with Gasteiger partial charge in [-0.15, -0.1) is 0 Å². The lowest BCUT2D eigenvalue weighted by Gasteiger charge is -2.04. The zero-order chi connectivity index (χ0) is 22.0. The molecule has 0 aliphatic carbocycles. The fourth-order valence-corrected chi connectivity index (χ4v) is 2.66. The van der Waals surface area contributed by atoms with Gasteiger partial charge in [0, 0.05) is 6.42 Å². The van der Waals surface area contributed by atoms with Crippen LogP contribution in [0, 0.1) is 0 Å². The summed E-state index contributed by atoms with van der Waals surface area (Å²) in [6.07, 6.45) is 4.22. The second-order valence-corrected chi connectivity index (χ2v) is 8.81. The minimum Gasteiger partial charge on any atom is -0.497 e. The summed E-state index contributed by atoms with van der Waals surface area (Å²) < 4.78 is 21.8. The van der Waals surface area contributed by atoms with E-state index in [9.17, 15) is 4.79 Å². The van der Waals surface area contributed by atoms with Crippen LogP contribution in [0.15, 0.2) is 58.0 Å². The Hall–Kier alpha value is -1.67. The first-order valence-corrected chi connectivity index (χ1v) is 11.0. The largest absolute Gasteiger partial charge is 0.497 e. The van der Waals surface area contributed by atoms with Gasteiger partial charge in [0.05, 0.1) is 44.0 Å². The highest BCUT2D eigenvalue weighted by Crippen LogP contribution is 2.14. The first-order chi connectivity index (χ1) is 14.6. The normalized spacial score (nSPS) is 9.87. The van der Waals surface area contributed by atoms with Gasteiger partial charge in [-0.1, -0.05) is 30.3 Å². The Kier molecular flexibility index (Phi) is 15.0. The number of rotatable bonds is 12. The van der Waals surface area contributed by atoms with Crippen LogP contribution in [0.1, 0.15) is 24.0 Å². The maximum Gasteiger partial charge on any atom is 0.122 e. The molecule has 0 amide bonds. The van der Waals surface area contributed by atoms with Gasteiger partial charge in [0.25, 0.3) is 0 Å². The molecule has 0 aliphatic rings. The highest BCUT2D eigenvalue weighted by atomic mass is 79.9. The number of halogens is 2. The molecule has 0 radical (unpaired) electrons. The third-order valence-electron chi connectivity index (χ3n) is 3.80. The van der Waals surface area contributed by atoms with E-state index in [1.54, 1.807) is 14.2 Å². The lowest BCUT2D eigenvalue weighted by Crippen LogP contribution is -1.95. The molecule has 0 unspecified atom stereocenters. The van der Waals surface area contributed by atoms with Crippen molar-refractivity contribution in [1.82, 2.24) is 0 Å². The van der Waals surface area contributed by atoms with E-state index in [1.807, 2.05) is 54.6 Å². The maximum absolute atomic E-state index is 10.0. The predicted molar refractivity (Wildman–Crippen MR) is 127 cm³/mol. The van der Waals surface area contributed by atoms with E-state index in [0.717, 1.165) is 38.7 Å². The van der Waals surface area contributed by atoms with Crippen LogP contribution in [0.25, 0.3) is 0 Å². The molecule has 7 heteroatoms. The summed E-state index contributed by atoms with van der Waals surface area (Å²) in [6, 6.07) is 15.6. The van der Waals surface area contributed by atoms with Crippen LogP contribution in [-0.4, -0.2) is 33.7 Å². The zero-order valence-electron chi connectivity index (χ0n) is 17.3. The van der Waals surface area contributed by atoms with Gasteiger partial charge in [0.15, 0.2) is 0 Å².